The van der Waals surface area contributed by atoms with E-state index in [-0.39, 0.29) is 12.5 Å². The summed E-state index contributed by atoms with van der Waals surface area (Å²) in [6.07, 6.45) is 4.88. The van der Waals surface area contributed by atoms with Gasteiger partial charge in [0.15, 0.2) is 6.61 Å². The van der Waals surface area contributed by atoms with Crippen LogP contribution in [0.25, 0.3) is 0 Å². The molecule has 0 atom stereocenters. The number of piperidine rings is 1. The quantitative estimate of drug-likeness (QED) is 0.818. The maximum Gasteiger partial charge on any atom is 0.260 e. The average Bonchev–Trinajstić information content (AvgIpc) is 3.14. The van der Waals surface area contributed by atoms with Gasteiger partial charge in [-0.05, 0) is 68.8 Å². The fourth-order valence-electron chi connectivity index (χ4n) is 4.06. The summed E-state index contributed by atoms with van der Waals surface area (Å²) < 4.78 is 5.92. The number of carbonyl (C=O) groups is 1. The number of likely N-dealkylation sites (tertiary alicyclic amines) is 2. The van der Waals surface area contributed by atoms with Crippen LogP contribution in [0.3, 0.4) is 0 Å². The van der Waals surface area contributed by atoms with Crippen LogP contribution in [0, 0.1) is 6.92 Å². The van der Waals surface area contributed by atoms with Gasteiger partial charge in [0.2, 0.25) is 0 Å². The highest BCUT2D eigenvalue weighted by molar-refractivity contribution is 5.78. The first-order chi connectivity index (χ1) is 12.0. The molecule has 2 aliphatic rings. The Balaban J connectivity index is 1.51. The van der Waals surface area contributed by atoms with Gasteiger partial charge in [-0.25, -0.2) is 0 Å². The topological polar surface area (TPSA) is 32.8 Å². The maximum atomic E-state index is 12.6. The SMILES string of the molecule is Cc1ccc(C(C)C)c(OCC(=O)N2CCC(N3CCCC3)CC2)c1. The second-order valence-electron chi connectivity index (χ2n) is 7.84. The molecule has 0 aliphatic carbocycles. The van der Waals surface area contributed by atoms with Gasteiger partial charge in [-0.2, -0.15) is 0 Å². The van der Waals surface area contributed by atoms with Crippen molar-refractivity contribution in [2.45, 2.75) is 58.4 Å². The van der Waals surface area contributed by atoms with E-state index in [0.29, 0.717) is 12.0 Å². The van der Waals surface area contributed by atoms with E-state index >= 15 is 0 Å². The van der Waals surface area contributed by atoms with Gasteiger partial charge in [0.1, 0.15) is 5.75 Å². The van der Waals surface area contributed by atoms with Gasteiger partial charge >= 0.3 is 0 Å². The minimum absolute atomic E-state index is 0.121. The van der Waals surface area contributed by atoms with Crippen molar-refractivity contribution in [3.8, 4) is 5.75 Å². The largest absolute Gasteiger partial charge is 0.483 e. The minimum Gasteiger partial charge on any atom is -0.483 e. The number of hydrogen-bond donors (Lipinski definition) is 0. The first-order valence-electron chi connectivity index (χ1n) is 9.80. The molecule has 0 radical (unpaired) electrons. The van der Waals surface area contributed by atoms with Crippen LogP contribution in [0.2, 0.25) is 0 Å². The number of rotatable bonds is 5. The summed E-state index contributed by atoms with van der Waals surface area (Å²) in [4.78, 5) is 17.1. The Morgan fingerprint density at radius 1 is 1.16 bits per heavy atom. The summed E-state index contributed by atoms with van der Waals surface area (Å²) >= 11 is 0. The van der Waals surface area contributed by atoms with Crippen LogP contribution in [0.15, 0.2) is 18.2 Å². The van der Waals surface area contributed by atoms with E-state index in [1.165, 1.54) is 37.1 Å². The molecule has 25 heavy (non-hydrogen) atoms. The fraction of sp³-hybridized carbons (Fsp3) is 0.667. The smallest absolute Gasteiger partial charge is 0.260 e. The molecule has 2 heterocycles. The molecule has 0 unspecified atom stereocenters. The highest BCUT2D eigenvalue weighted by atomic mass is 16.5. The molecule has 4 nitrogen and oxygen atoms in total. The van der Waals surface area contributed by atoms with E-state index in [1.54, 1.807) is 0 Å². The van der Waals surface area contributed by atoms with Gasteiger partial charge in [0, 0.05) is 19.1 Å². The second-order valence-corrected chi connectivity index (χ2v) is 7.84. The number of hydrogen-bond acceptors (Lipinski definition) is 3. The van der Waals surface area contributed by atoms with Gasteiger partial charge in [0.25, 0.3) is 5.91 Å². The van der Waals surface area contributed by atoms with E-state index in [0.717, 1.165) is 31.7 Å². The molecule has 2 aliphatic heterocycles. The van der Waals surface area contributed by atoms with Crippen molar-refractivity contribution in [3.63, 3.8) is 0 Å². The highest BCUT2D eigenvalue weighted by Crippen LogP contribution is 2.27. The van der Waals surface area contributed by atoms with Crippen molar-refractivity contribution in [2.24, 2.45) is 0 Å². The zero-order chi connectivity index (χ0) is 17.8. The summed E-state index contributed by atoms with van der Waals surface area (Å²) in [5, 5.41) is 0. The number of ether oxygens (including phenoxy) is 1. The van der Waals surface area contributed by atoms with E-state index in [4.69, 9.17) is 4.74 Å². The van der Waals surface area contributed by atoms with Crippen LogP contribution < -0.4 is 4.74 Å². The molecule has 138 valence electrons. The predicted molar refractivity (Wildman–Crippen MR) is 101 cm³/mol. The average molecular weight is 344 g/mol. The fourth-order valence-corrected chi connectivity index (χ4v) is 4.06. The summed E-state index contributed by atoms with van der Waals surface area (Å²) in [7, 11) is 0. The van der Waals surface area contributed by atoms with E-state index < -0.39 is 0 Å². The van der Waals surface area contributed by atoms with Crippen molar-refractivity contribution in [2.75, 3.05) is 32.8 Å². The molecule has 0 N–H and O–H groups in total. The van der Waals surface area contributed by atoms with Gasteiger partial charge in [-0.1, -0.05) is 26.0 Å². The standard InChI is InChI=1S/C21H32N2O2/c1-16(2)19-7-6-17(3)14-20(19)25-15-21(24)23-12-8-18(9-13-23)22-10-4-5-11-22/h6-7,14,16,18H,4-5,8-13,15H2,1-3H3. The van der Waals surface area contributed by atoms with E-state index in [1.807, 2.05) is 11.0 Å². The summed E-state index contributed by atoms with van der Waals surface area (Å²) in [6.45, 7) is 10.7. The van der Waals surface area contributed by atoms with Crippen LogP contribution in [0.4, 0.5) is 0 Å². The zero-order valence-electron chi connectivity index (χ0n) is 16.0. The van der Waals surface area contributed by atoms with Crippen LogP contribution in [0.1, 0.15) is 56.6 Å². The molecule has 1 aromatic rings. The predicted octanol–water partition coefficient (Wildman–Crippen LogP) is 3.58. The Labute approximate surface area is 152 Å². The summed E-state index contributed by atoms with van der Waals surface area (Å²) in [6, 6.07) is 6.94. The molecular formula is C21H32N2O2. The summed E-state index contributed by atoms with van der Waals surface area (Å²) in [5.74, 6) is 1.37. The van der Waals surface area contributed by atoms with E-state index in [2.05, 4.69) is 37.8 Å². The van der Waals surface area contributed by atoms with Crippen molar-refractivity contribution < 1.29 is 9.53 Å². The molecule has 0 spiro atoms. The molecule has 1 amide bonds. The Morgan fingerprint density at radius 2 is 1.84 bits per heavy atom. The monoisotopic (exact) mass is 344 g/mol. The van der Waals surface area contributed by atoms with Crippen molar-refractivity contribution in [1.82, 2.24) is 9.80 Å². The van der Waals surface area contributed by atoms with Gasteiger partial charge in [-0.3, -0.25) is 4.79 Å². The second kappa shape index (κ2) is 8.22. The normalized spacial score (nSPS) is 19.6. The van der Waals surface area contributed by atoms with Crippen LogP contribution in [-0.4, -0.2) is 54.5 Å². The van der Waals surface area contributed by atoms with Gasteiger partial charge in [-0.15, -0.1) is 0 Å². The first-order valence-corrected chi connectivity index (χ1v) is 9.80. The lowest BCUT2D eigenvalue weighted by Gasteiger charge is -2.36. The Hall–Kier alpha value is -1.55. The third kappa shape index (κ3) is 4.55. The molecular weight excluding hydrogens is 312 g/mol. The third-order valence-electron chi connectivity index (χ3n) is 5.62. The van der Waals surface area contributed by atoms with Gasteiger partial charge < -0.3 is 14.5 Å². The molecule has 0 saturated carbocycles. The van der Waals surface area contributed by atoms with Crippen LogP contribution in [-0.2, 0) is 4.79 Å². The highest BCUT2D eigenvalue weighted by Gasteiger charge is 2.28. The van der Waals surface area contributed by atoms with Crippen LogP contribution >= 0.6 is 0 Å². The first kappa shape index (κ1) is 18.2. The number of nitrogens with zero attached hydrogens (tertiary/aromatic N) is 2. The molecule has 0 bridgehead atoms. The summed E-state index contributed by atoms with van der Waals surface area (Å²) in [5.41, 5.74) is 2.34. The van der Waals surface area contributed by atoms with Gasteiger partial charge in [0.05, 0.1) is 0 Å². The lowest BCUT2D eigenvalue weighted by molar-refractivity contribution is -0.134. The van der Waals surface area contributed by atoms with E-state index in [9.17, 15) is 4.79 Å². The molecule has 3 rings (SSSR count). The minimum atomic E-state index is 0.121. The number of benzene rings is 1. The maximum absolute atomic E-state index is 12.6. The molecule has 0 aromatic heterocycles. The molecule has 2 saturated heterocycles. The molecule has 1 aromatic carbocycles. The Morgan fingerprint density at radius 3 is 2.48 bits per heavy atom. The van der Waals surface area contributed by atoms with Crippen molar-refractivity contribution in [3.05, 3.63) is 29.3 Å². The molecule has 4 heteroatoms. The number of amides is 1. The third-order valence-corrected chi connectivity index (χ3v) is 5.62. The lowest BCUT2D eigenvalue weighted by atomic mass is 10.0. The van der Waals surface area contributed by atoms with Crippen LogP contribution in [0.5, 0.6) is 5.75 Å². The van der Waals surface area contributed by atoms with Crippen molar-refractivity contribution >= 4 is 5.91 Å². The Kier molecular flexibility index (Phi) is 6.00. The number of carbonyl (C=O) groups excluding carboxylic acids is 1. The molecule has 2 fully saturated rings. The Bertz CT molecular complexity index is 586. The lowest BCUT2D eigenvalue weighted by Crippen LogP contribution is -2.47. The van der Waals surface area contributed by atoms with Crippen molar-refractivity contribution in [1.29, 1.82) is 0 Å². The number of aryl methyl sites for hydroxylation is 1. The zero-order valence-corrected chi connectivity index (χ0v) is 16.0.